The third-order valence-electron chi connectivity index (χ3n) is 4.26. The van der Waals surface area contributed by atoms with Gasteiger partial charge in [-0.15, -0.1) is 0 Å². The van der Waals surface area contributed by atoms with Crippen molar-refractivity contribution >= 4 is 46.2 Å². The molecule has 1 saturated heterocycles. The number of para-hydroxylation sites is 1. The van der Waals surface area contributed by atoms with Crippen LogP contribution in [0.1, 0.15) is 24.2 Å². The van der Waals surface area contributed by atoms with Crippen LogP contribution in [0.4, 0.5) is 11.4 Å². The number of morpholine rings is 1. The maximum atomic E-state index is 12.6. The Labute approximate surface area is 181 Å². The van der Waals surface area contributed by atoms with Crippen LogP contribution >= 0.6 is 23.8 Å². The van der Waals surface area contributed by atoms with Gasteiger partial charge in [0.2, 0.25) is 0 Å². The molecule has 154 valence electrons. The number of thiocarbonyl (C=S) groups is 1. The Bertz CT molecular complexity index is 885. The van der Waals surface area contributed by atoms with Crippen molar-refractivity contribution in [1.82, 2.24) is 5.32 Å². The zero-order valence-corrected chi connectivity index (χ0v) is 18.0. The average molecular weight is 434 g/mol. The SMILES string of the molecule is CC(C)Oc1cccc(C(=O)NC(=S)Nc2cccc(Cl)c2N2CCOCC2)c1. The fourth-order valence-electron chi connectivity index (χ4n) is 3.04. The minimum absolute atomic E-state index is 0.0255. The van der Waals surface area contributed by atoms with Crippen molar-refractivity contribution in [3.63, 3.8) is 0 Å². The van der Waals surface area contributed by atoms with E-state index in [-0.39, 0.29) is 17.1 Å². The molecular weight excluding hydrogens is 410 g/mol. The molecule has 8 heteroatoms. The van der Waals surface area contributed by atoms with Crippen LogP contribution in [0.5, 0.6) is 5.75 Å². The van der Waals surface area contributed by atoms with E-state index in [0.29, 0.717) is 29.5 Å². The van der Waals surface area contributed by atoms with Crippen molar-refractivity contribution in [3.8, 4) is 5.75 Å². The van der Waals surface area contributed by atoms with Gasteiger partial charge in [0.1, 0.15) is 5.75 Å². The molecule has 0 aliphatic carbocycles. The summed E-state index contributed by atoms with van der Waals surface area (Å²) in [7, 11) is 0. The number of anilines is 2. The highest BCUT2D eigenvalue weighted by atomic mass is 35.5. The number of amides is 1. The predicted molar refractivity (Wildman–Crippen MR) is 120 cm³/mol. The summed E-state index contributed by atoms with van der Waals surface area (Å²) in [5, 5.41) is 6.62. The number of rotatable bonds is 5. The number of benzene rings is 2. The minimum atomic E-state index is -0.313. The van der Waals surface area contributed by atoms with Gasteiger partial charge in [0.05, 0.1) is 35.7 Å². The fraction of sp³-hybridized carbons (Fsp3) is 0.333. The summed E-state index contributed by atoms with van der Waals surface area (Å²) >= 11 is 11.8. The summed E-state index contributed by atoms with van der Waals surface area (Å²) in [6.45, 7) is 6.62. The van der Waals surface area contributed by atoms with E-state index in [0.717, 1.165) is 24.5 Å². The maximum absolute atomic E-state index is 12.6. The van der Waals surface area contributed by atoms with E-state index in [1.165, 1.54) is 0 Å². The molecule has 0 spiro atoms. The lowest BCUT2D eigenvalue weighted by molar-refractivity contribution is 0.0977. The van der Waals surface area contributed by atoms with Crippen LogP contribution in [0.25, 0.3) is 0 Å². The van der Waals surface area contributed by atoms with E-state index in [1.807, 2.05) is 38.1 Å². The molecule has 0 atom stereocenters. The number of ether oxygens (including phenoxy) is 2. The van der Waals surface area contributed by atoms with Gasteiger partial charge < -0.3 is 19.7 Å². The van der Waals surface area contributed by atoms with Gasteiger partial charge in [-0.1, -0.05) is 23.7 Å². The summed E-state index contributed by atoms with van der Waals surface area (Å²) in [5.41, 5.74) is 2.05. The summed E-state index contributed by atoms with van der Waals surface area (Å²) in [4.78, 5) is 14.7. The molecule has 1 fully saturated rings. The fourth-order valence-corrected chi connectivity index (χ4v) is 3.53. The zero-order valence-electron chi connectivity index (χ0n) is 16.4. The van der Waals surface area contributed by atoms with Crippen molar-refractivity contribution in [2.24, 2.45) is 0 Å². The Kier molecular flexibility index (Phi) is 7.30. The lowest BCUT2D eigenvalue weighted by Crippen LogP contribution is -2.38. The number of nitrogens with one attached hydrogen (secondary N) is 2. The van der Waals surface area contributed by atoms with Crippen molar-refractivity contribution in [2.45, 2.75) is 20.0 Å². The first-order chi connectivity index (χ1) is 13.9. The highest BCUT2D eigenvalue weighted by Crippen LogP contribution is 2.34. The van der Waals surface area contributed by atoms with Crippen LogP contribution in [0, 0.1) is 0 Å². The molecule has 29 heavy (non-hydrogen) atoms. The van der Waals surface area contributed by atoms with Crippen molar-refractivity contribution < 1.29 is 14.3 Å². The summed E-state index contributed by atoms with van der Waals surface area (Å²) in [6, 6.07) is 12.5. The molecule has 0 unspecified atom stereocenters. The van der Waals surface area contributed by atoms with Gasteiger partial charge in [-0.25, -0.2) is 0 Å². The van der Waals surface area contributed by atoms with E-state index < -0.39 is 0 Å². The Hall–Kier alpha value is -2.35. The van der Waals surface area contributed by atoms with Gasteiger partial charge in [0, 0.05) is 18.7 Å². The average Bonchev–Trinajstić information content (AvgIpc) is 2.68. The van der Waals surface area contributed by atoms with Crippen molar-refractivity contribution in [2.75, 3.05) is 36.5 Å². The van der Waals surface area contributed by atoms with Crippen molar-refractivity contribution in [1.29, 1.82) is 0 Å². The van der Waals surface area contributed by atoms with Gasteiger partial charge in [-0.3, -0.25) is 10.1 Å². The van der Waals surface area contributed by atoms with Crippen LogP contribution in [-0.2, 0) is 4.74 Å². The molecule has 2 aromatic carbocycles. The normalized spacial score (nSPS) is 13.9. The molecule has 1 aliphatic rings. The summed E-state index contributed by atoms with van der Waals surface area (Å²) in [6.07, 6.45) is 0.0255. The van der Waals surface area contributed by atoms with Gasteiger partial charge in [-0.2, -0.15) is 0 Å². The molecule has 1 heterocycles. The zero-order chi connectivity index (χ0) is 20.8. The second-order valence-electron chi connectivity index (χ2n) is 6.84. The molecular formula is C21H24ClN3O3S. The number of hydrogen-bond donors (Lipinski definition) is 2. The first kappa shape index (κ1) is 21.4. The first-order valence-corrected chi connectivity index (χ1v) is 10.2. The maximum Gasteiger partial charge on any atom is 0.257 e. The quantitative estimate of drug-likeness (QED) is 0.692. The van der Waals surface area contributed by atoms with Crippen LogP contribution in [-0.4, -0.2) is 43.4 Å². The predicted octanol–water partition coefficient (Wildman–Crippen LogP) is 4.09. The standard InChI is InChI=1S/C21H24ClN3O3S/c1-14(2)28-16-6-3-5-15(13-16)20(26)24-21(29)23-18-8-4-7-17(22)19(18)25-9-11-27-12-10-25/h3-8,13-14H,9-12H2,1-2H3,(H2,23,24,26,29). The topological polar surface area (TPSA) is 62.8 Å². The van der Waals surface area contributed by atoms with Crippen LogP contribution in [0.3, 0.4) is 0 Å². The second kappa shape index (κ2) is 9.91. The third-order valence-corrected chi connectivity index (χ3v) is 4.77. The lowest BCUT2D eigenvalue weighted by Gasteiger charge is -2.31. The highest BCUT2D eigenvalue weighted by molar-refractivity contribution is 7.80. The number of carbonyl (C=O) groups excluding carboxylic acids is 1. The van der Waals surface area contributed by atoms with Gasteiger partial charge in [0.15, 0.2) is 5.11 Å². The number of halogens is 1. The highest BCUT2D eigenvalue weighted by Gasteiger charge is 2.19. The smallest absolute Gasteiger partial charge is 0.257 e. The Balaban J connectivity index is 1.70. The molecule has 1 aliphatic heterocycles. The van der Waals surface area contributed by atoms with Gasteiger partial charge in [-0.05, 0) is 56.4 Å². The molecule has 6 nitrogen and oxygen atoms in total. The van der Waals surface area contributed by atoms with Crippen LogP contribution in [0.2, 0.25) is 5.02 Å². The molecule has 2 aromatic rings. The van der Waals surface area contributed by atoms with E-state index in [2.05, 4.69) is 15.5 Å². The number of carbonyl (C=O) groups is 1. The van der Waals surface area contributed by atoms with Gasteiger partial charge in [0.25, 0.3) is 5.91 Å². The Morgan fingerprint density at radius 3 is 2.66 bits per heavy atom. The first-order valence-electron chi connectivity index (χ1n) is 9.44. The third kappa shape index (κ3) is 5.82. The molecule has 0 aromatic heterocycles. The molecule has 1 amide bonds. The molecule has 2 N–H and O–H groups in total. The number of hydrogen-bond acceptors (Lipinski definition) is 5. The minimum Gasteiger partial charge on any atom is -0.491 e. The van der Waals surface area contributed by atoms with Crippen LogP contribution < -0.4 is 20.3 Å². The summed E-state index contributed by atoms with van der Waals surface area (Å²) < 4.78 is 11.1. The Morgan fingerprint density at radius 2 is 1.93 bits per heavy atom. The molecule has 0 saturated carbocycles. The van der Waals surface area contributed by atoms with Gasteiger partial charge >= 0.3 is 0 Å². The summed E-state index contributed by atoms with van der Waals surface area (Å²) in [5.74, 6) is 0.322. The largest absolute Gasteiger partial charge is 0.491 e. The lowest BCUT2D eigenvalue weighted by atomic mass is 10.2. The van der Waals surface area contributed by atoms with E-state index in [4.69, 9.17) is 33.3 Å². The Morgan fingerprint density at radius 1 is 1.21 bits per heavy atom. The van der Waals surface area contributed by atoms with E-state index >= 15 is 0 Å². The molecule has 0 radical (unpaired) electrons. The number of nitrogens with zero attached hydrogens (tertiary/aromatic N) is 1. The van der Waals surface area contributed by atoms with Crippen molar-refractivity contribution in [3.05, 3.63) is 53.1 Å². The van der Waals surface area contributed by atoms with E-state index in [9.17, 15) is 4.79 Å². The molecule has 0 bridgehead atoms. The second-order valence-corrected chi connectivity index (χ2v) is 7.65. The van der Waals surface area contributed by atoms with E-state index in [1.54, 1.807) is 18.2 Å². The monoisotopic (exact) mass is 433 g/mol. The molecule has 3 rings (SSSR count). The van der Waals surface area contributed by atoms with Crippen LogP contribution in [0.15, 0.2) is 42.5 Å².